The molecule has 0 radical (unpaired) electrons. The van der Waals surface area contributed by atoms with E-state index in [0.29, 0.717) is 6.54 Å². The SMILES string of the molecule is CC1(C)OB([C@@H]2CC=CN(C(=O)OCc3ccccc3)C2)OC1(C)C. The van der Waals surface area contributed by atoms with Crippen molar-refractivity contribution >= 4 is 13.2 Å². The minimum absolute atomic E-state index is 0.0929. The lowest BCUT2D eigenvalue weighted by Gasteiger charge is -2.32. The molecule has 6 heteroatoms. The van der Waals surface area contributed by atoms with Gasteiger partial charge in [0.1, 0.15) is 6.61 Å². The fourth-order valence-electron chi connectivity index (χ4n) is 2.97. The first-order valence-electron chi connectivity index (χ1n) is 8.78. The van der Waals surface area contributed by atoms with Gasteiger partial charge in [-0.3, -0.25) is 4.90 Å². The van der Waals surface area contributed by atoms with Crippen molar-refractivity contribution in [3.05, 3.63) is 48.2 Å². The van der Waals surface area contributed by atoms with Crippen LogP contribution in [0.2, 0.25) is 5.82 Å². The van der Waals surface area contributed by atoms with E-state index in [1.807, 2.05) is 64.1 Å². The number of nitrogens with zero attached hydrogens (tertiary/aromatic N) is 1. The molecule has 1 fully saturated rings. The van der Waals surface area contributed by atoms with E-state index in [4.69, 9.17) is 14.0 Å². The number of carbonyl (C=O) groups is 1. The highest BCUT2D eigenvalue weighted by Gasteiger charge is 2.54. The van der Waals surface area contributed by atoms with Crippen LogP contribution in [-0.4, -0.2) is 35.9 Å². The molecule has 5 nitrogen and oxygen atoms in total. The van der Waals surface area contributed by atoms with Crippen LogP contribution in [0.5, 0.6) is 0 Å². The fourth-order valence-corrected chi connectivity index (χ4v) is 2.97. The van der Waals surface area contributed by atoms with E-state index < -0.39 is 0 Å². The number of carbonyl (C=O) groups excluding carboxylic acids is 1. The standard InChI is InChI=1S/C19H26BNO4/c1-18(2)19(3,4)25-20(24-18)16-11-8-12-21(13-16)17(22)23-14-15-9-6-5-7-10-15/h5-10,12,16H,11,13-14H2,1-4H3/t16-/m1/s1. The van der Waals surface area contributed by atoms with Gasteiger partial charge in [-0.2, -0.15) is 0 Å². The van der Waals surface area contributed by atoms with E-state index in [1.54, 1.807) is 11.1 Å². The molecule has 2 aliphatic rings. The minimum Gasteiger partial charge on any atom is -0.444 e. The Balaban J connectivity index is 1.57. The van der Waals surface area contributed by atoms with Crippen LogP contribution in [0, 0.1) is 0 Å². The van der Waals surface area contributed by atoms with E-state index in [-0.39, 0.29) is 36.8 Å². The van der Waals surface area contributed by atoms with Crippen molar-refractivity contribution in [2.75, 3.05) is 6.54 Å². The zero-order chi connectivity index (χ0) is 18.1. The molecule has 0 saturated carbocycles. The summed E-state index contributed by atoms with van der Waals surface area (Å²) >= 11 is 0. The highest BCUT2D eigenvalue weighted by molar-refractivity contribution is 6.47. The van der Waals surface area contributed by atoms with E-state index in [9.17, 15) is 4.79 Å². The van der Waals surface area contributed by atoms with E-state index in [1.165, 1.54) is 0 Å². The molecule has 1 aromatic rings. The molecule has 1 atom stereocenters. The Bertz CT molecular complexity index is 628. The molecule has 25 heavy (non-hydrogen) atoms. The normalized spacial score (nSPS) is 24.4. The van der Waals surface area contributed by atoms with Gasteiger partial charge in [0.05, 0.1) is 11.2 Å². The molecule has 1 amide bonds. The number of amides is 1. The molecule has 1 saturated heterocycles. The summed E-state index contributed by atoms with van der Waals surface area (Å²) in [5.41, 5.74) is 0.244. The first-order chi connectivity index (χ1) is 11.8. The van der Waals surface area contributed by atoms with Gasteiger partial charge in [0.2, 0.25) is 0 Å². The second-order valence-electron chi connectivity index (χ2n) is 7.70. The van der Waals surface area contributed by atoms with E-state index in [2.05, 4.69) is 0 Å². The molecule has 134 valence electrons. The molecule has 0 N–H and O–H groups in total. The average molecular weight is 343 g/mol. The molecule has 2 aliphatic heterocycles. The number of benzene rings is 1. The summed E-state index contributed by atoms with van der Waals surface area (Å²) in [6.45, 7) is 8.95. The quantitative estimate of drug-likeness (QED) is 0.778. The van der Waals surface area contributed by atoms with Crippen LogP contribution < -0.4 is 0 Å². The molecule has 0 aliphatic carbocycles. The summed E-state index contributed by atoms with van der Waals surface area (Å²) < 4.78 is 17.7. The van der Waals surface area contributed by atoms with Crippen molar-refractivity contribution < 1.29 is 18.8 Å². The molecule has 1 aromatic carbocycles. The topological polar surface area (TPSA) is 48.0 Å². The Morgan fingerprint density at radius 2 is 1.84 bits per heavy atom. The van der Waals surface area contributed by atoms with E-state index in [0.717, 1.165) is 12.0 Å². The molecule has 0 aromatic heterocycles. The first-order valence-corrected chi connectivity index (χ1v) is 8.78. The van der Waals surface area contributed by atoms with Gasteiger partial charge in [0.15, 0.2) is 0 Å². The van der Waals surface area contributed by atoms with Gasteiger partial charge in [-0.15, -0.1) is 0 Å². The van der Waals surface area contributed by atoms with Crippen molar-refractivity contribution in [2.45, 2.75) is 57.7 Å². The Labute approximate surface area is 150 Å². The van der Waals surface area contributed by atoms with Crippen molar-refractivity contribution in [1.82, 2.24) is 4.90 Å². The maximum absolute atomic E-state index is 12.4. The van der Waals surface area contributed by atoms with Gasteiger partial charge < -0.3 is 14.0 Å². The third-order valence-electron chi connectivity index (χ3n) is 5.25. The molecule has 2 heterocycles. The lowest BCUT2D eigenvalue weighted by molar-refractivity contribution is 0.00578. The molecule has 3 rings (SSSR count). The first kappa shape index (κ1) is 18.0. The van der Waals surface area contributed by atoms with E-state index >= 15 is 0 Å². The Morgan fingerprint density at radius 1 is 1.20 bits per heavy atom. The van der Waals surface area contributed by atoms with Crippen LogP contribution in [0.25, 0.3) is 0 Å². The predicted octanol–water partition coefficient (Wildman–Crippen LogP) is 4.01. The fraction of sp³-hybridized carbons (Fsp3) is 0.526. The van der Waals surface area contributed by atoms with Gasteiger partial charge in [-0.1, -0.05) is 36.4 Å². The van der Waals surface area contributed by atoms with Crippen molar-refractivity contribution in [3.8, 4) is 0 Å². The molecule has 0 bridgehead atoms. The summed E-state index contributed by atoms with van der Waals surface area (Å²) in [7, 11) is -0.320. The summed E-state index contributed by atoms with van der Waals surface area (Å²) in [6.07, 6.45) is 4.23. The number of hydrogen-bond donors (Lipinski definition) is 0. The molecule has 0 unspecified atom stereocenters. The zero-order valence-electron chi connectivity index (χ0n) is 15.4. The van der Waals surface area contributed by atoms with Gasteiger partial charge in [-0.25, -0.2) is 4.79 Å². The number of hydrogen-bond acceptors (Lipinski definition) is 4. The Morgan fingerprint density at radius 3 is 2.48 bits per heavy atom. The highest BCUT2D eigenvalue weighted by atomic mass is 16.7. The van der Waals surface area contributed by atoms with Crippen LogP contribution in [-0.2, 0) is 20.7 Å². The molecular weight excluding hydrogens is 317 g/mol. The van der Waals surface area contributed by atoms with Crippen molar-refractivity contribution in [2.24, 2.45) is 0 Å². The Kier molecular flexibility index (Phi) is 4.93. The van der Waals surface area contributed by atoms with Crippen LogP contribution in [0.3, 0.4) is 0 Å². The maximum atomic E-state index is 12.4. The lowest BCUT2D eigenvalue weighted by atomic mass is 9.69. The summed E-state index contributed by atoms with van der Waals surface area (Å²) in [5, 5.41) is 0. The third kappa shape index (κ3) is 3.91. The highest BCUT2D eigenvalue weighted by Crippen LogP contribution is 2.41. The molecule has 0 spiro atoms. The number of ether oxygens (including phenoxy) is 1. The maximum Gasteiger partial charge on any atom is 0.463 e. The van der Waals surface area contributed by atoms with Crippen LogP contribution >= 0.6 is 0 Å². The summed E-state index contributed by atoms with van der Waals surface area (Å²) in [6, 6.07) is 9.67. The zero-order valence-corrected chi connectivity index (χ0v) is 15.4. The van der Waals surface area contributed by atoms with Crippen LogP contribution in [0.4, 0.5) is 4.79 Å². The van der Waals surface area contributed by atoms with Crippen molar-refractivity contribution in [1.29, 1.82) is 0 Å². The summed E-state index contributed by atoms with van der Waals surface area (Å²) in [4.78, 5) is 14.0. The second kappa shape index (κ2) is 6.85. The van der Waals surface area contributed by atoms with Gasteiger partial charge in [-0.05, 0) is 39.7 Å². The largest absolute Gasteiger partial charge is 0.463 e. The smallest absolute Gasteiger partial charge is 0.444 e. The Hall–Kier alpha value is -1.79. The van der Waals surface area contributed by atoms with Gasteiger partial charge >= 0.3 is 13.2 Å². The third-order valence-corrected chi connectivity index (χ3v) is 5.25. The van der Waals surface area contributed by atoms with Crippen molar-refractivity contribution in [3.63, 3.8) is 0 Å². The second-order valence-corrected chi connectivity index (χ2v) is 7.70. The summed E-state index contributed by atoms with van der Waals surface area (Å²) in [5.74, 6) is 0.0929. The minimum atomic E-state index is -0.364. The van der Waals surface area contributed by atoms with Crippen LogP contribution in [0.1, 0.15) is 39.7 Å². The van der Waals surface area contributed by atoms with Gasteiger partial charge in [0.25, 0.3) is 0 Å². The monoisotopic (exact) mass is 343 g/mol. The number of allylic oxidation sites excluding steroid dienone is 1. The number of rotatable bonds is 3. The lowest BCUT2D eigenvalue weighted by Crippen LogP contribution is -2.41. The van der Waals surface area contributed by atoms with Gasteiger partial charge in [0, 0.05) is 18.6 Å². The molecular formula is C19H26BNO4. The predicted molar refractivity (Wildman–Crippen MR) is 96.9 cm³/mol. The average Bonchev–Trinajstić information content (AvgIpc) is 2.81. The van der Waals surface area contributed by atoms with Crippen LogP contribution in [0.15, 0.2) is 42.6 Å².